The standard InChI is InChI=1S/C23H25N5O3/c1-17(23(29)25(2)18-6-4-3-5-7-18)26-12-14-27(15-13-26)21-8-9-22(28(30)31)20-16-24-11-10-19(20)21/h3-11,16-17H,12-15H2,1-2H3/t17-/m1/s1. The Morgan fingerprint density at radius 1 is 1.06 bits per heavy atom. The van der Waals surface area contributed by atoms with Gasteiger partial charge in [0.25, 0.3) is 5.69 Å². The van der Waals surface area contributed by atoms with E-state index in [0.717, 1.165) is 42.9 Å². The van der Waals surface area contributed by atoms with Gasteiger partial charge in [0.05, 0.1) is 16.4 Å². The van der Waals surface area contributed by atoms with Crippen LogP contribution in [0.2, 0.25) is 0 Å². The number of non-ortho nitro benzene ring substituents is 1. The molecule has 0 saturated carbocycles. The van der Waals surface area contributed by atoms with Crippen LogP contribution >= 0.6 is 0 Å². The highest BCUT2D eigenvalue weighted by Gasteiger charge is 2.29. The lowest BCUT2D eigenvalue weighted by Gasteiger charge is -2.39. The Morgan fingerprint density at radius 3 is 2.45 bits per heavy atom. The van der Waals surface area contributed by atoms with Gasteiger partial charge in [-0.3, -0.25) is 24.8 Å². The second-order valence-electron chi connectivity index (χ2n) is 7.71. The molecule has 0 spiro atoms. The summed E-state index contributed by atoms with van der Waals surface area (Å²) in [5.41, 5.74) is 1.90. The third-order valence-corrected chi connectivity index (χ3v) is 6.00. The molecule has 1 aliphatic rings. The summed E-state index contributed by atoms with van der Waals surface area (Å²) in [6.45, 7) is 4.90. The maximum Gasteiger partial charge on any atom is 0.278 e. The smallest absolute Gasteiger partial charge is 0.278 e. The molecule has 1 atom stereocenters. The van der Waals surface area contributed by atoms with Crippen molar-refractivity contribution < 1.29 is 9.72 Å². The summed E-state index contributed by atoms with van der Waals surface area (Å²) < 4.78 is 0. The van der Waals surface area contributed by atoms with E-state index in [1.54, 1.807) is 23.4 Å². The lowest BCUT2D eigenvalue weighted by atomic mass is 10.1. The number of hydrogen-bond donors (Lipinski definition) is 0. The fourth-order valence-electron chi connectivity index (χ4n) is 4.16. The van der Waals surface area contributed by atoms with Gasteiger partial charge in [-0.15, -0.1) is 0 Å². The molecule has 2 heterocycles. The zero-order chi connectivity index (χ0) is 22.0. The Morgan fingerprint density at radius 2 is 1.77 bits per heavy atom. The zero-order valence-corrected chi connectivity index (χ0v) is 17.6. The van der Waals surface area contributed by atoms with Crippen molar-refractivity contribution >= 4 is 33.7 Å². The molecule has 1 aliphatic heterocycles. The zero-order valence-electron chi connectivity index (χ0n) is 17.6. The number of nitro groups is 1. The molecule has 0 bridgehead atoms. The van der Waals surface area contributed by atoms with Crippen LogP contribution in [-0.4, -0.2) is 60.0 Å². The molecule has 0 aliphatic carbocycles. The summed E-state index contributed by atoms with van der Waals surface area (Å²) in [7, 11) is 1.81. The maximum absolute atomic E-state index is 13.0. The van der Waals surface area contributed by atoms with E-state index >= 15 is 0 Å². The summed E-state index contributed by atoms with van der Waals surface area (Å²) >= 11 is 0. The maximum atomic E-state index is 13.0. The number of fused-ring (bicyclic) bond motifs is 1. The molecule has 160 valence electrons. The van der Waals surface area contributed by atoms with Crippen molar-refractivity contribution in [1.29, 1.82) is 0 Å². The van der Waals surface area contributed by atoms with Gasteiger partial charge in [0, 0.05) is 68.4 Å². The van der Waals surface area contributed by atoms with E-state index in [9.17, 15) is 14.9 Å². The van der Waals surface area contributed by atoms with Crippen molar-refractivity contribution in [3.8, 4) is 0 Å². The normalized spacial score (nSPS) is 15.6. The van der Waals surface area contributed by atoms with Gasteiger partial charge >= 0.3 is 0 Å². The lowest BCUT2D eigenvalue weighted by Crippen LogP contribution is -2.54. The first-order chi connectivity index (χ1) is 15.0. The Labute approximate surface area is 180 Å². The number of aromatic nitrogens is 1. The number of benzene rings is 2. The molecular weight excluding hydrogens is 394 g/mol. The monoisotopic (exact) mass is 419 g/mol. The molecule has 8 heteroatoms. The summed E-state index contributed by atoms with van der Waals surface area (Å²) in [5.74, 6) is 0.0616. The van der Waals surface area contributed by atoms with Gasteiger partial charge in [0.1, 0.15) is 0 Å². The highest BCUT2D eigenvalue weighted by molar-refractivity contribution is 5.99. The van der Waals surface area contributed by atoms with Gasteiger partial charge in [-0.05, 0) is 31.2 Å². The molecule has 1 amide bonds. The van der Waals surface area contributed by atoms with Crippen molar-refractivity contribution in [3.05, 3.63) is 71.0 Å². The molecule has 1 fully saturated rings. The number of amides is 1. The summed E-state index contributed by atoms with van der Waals surface area (Å²) in [5, 5.41) is 12.7. The third kappa shape index (κ3) is 4.06. The first-order valence-electron chi connectivity index (χ1n) is 10.3. The van der Waals surface area contributed by atoms with Gasteiger partial charge in [-0.1, -0.05) is 18.2 Å². The van der Waals surface area contributed by atoms with Crippen LogP contribution in [0.1, 0.15) is 6.92 Å². The van der Waals surface area contributed by atoms with E-state index in [-0.39, 0.29) is 22.6 Å². The summed E-state index contributed by atoms with van der Waals surface area (Å²) in [4.78, 5) is 34.1. The van der Waals surface area contributed by atoms with Crippen LogP contribution < -0.4 is 9.80 Å². The summed E-state index contributed by atoms with van der Waals surface area (Å²) in [6, 6.07) is 14.6. The van der Waals surface area contributed by atoms with Gasteiger partial charge < -0.3 is 9.80 Å². The van der Waals surface area contributed by atoms with Crippen LogP contribution in [0.3, 0.4) is 0 Å². The fourth-order valence-corrected chi connectivity index (χ4v) is 4.16. The molecule has 0 radical (unpaired) electrons. The molecule has 31 heavy (non-hydrogen) atoms. The molecule has 4 rings (SSSR count). The number of nitro benzene ring substituents is 1. The molecule has 8 nitrogen and oxygen atoms in total. The van der Waals surface area contributed by atoms with Crippen molar-refractivity contribution in [3.63, 3.8) is 0 Å². The molecule has 2 aromatic carbocycles. The molecule has 0 unspecified atom stereocenters. The van der Waals surface area contributed by atoms with Gasteiger partial charge in [0.2, 0.25) is 5.91 Å². The van der Waals surface area contributed by atoms with E-state index in [2.05, 4.69) is 14.8 Å². The van der Waals surface area contributed by atoms with Crippen LogP contribution in [0.4, 0.5) is 17.1 Å². The average molecular weight is 419 g/mol. The number of carbonyl (C=O) groups excluding carboxylic acids is 1. The minimum absolute atomic E-state index is 0.0616. The van der Waals surface area contributed by atoms with E-state index < -0.39 is 0 Å². The van der Waals surface area contributed by atoms with Gasteiger partial charge in [-0.25, -0.2) is 0 Å². The van der Waals surface area contributed by atoms with Crippen LogP contribution in [0, 0.1) is 10.1 Å². The molecule has 3 aromatic rings. The topological polar surface area (TPSA) is 82.8 Å². The van der Waals surface area contributed by atoms with E-state index in [0.29, 0.717) is 5.39 Å². The first kappa shape index (κ1) is 20.7. The minimum Gasteiger partial charge on any atom is -0.368 e. The van der Waals surface area contributed by atoms with Gasteiger partial charge in [-0.2, -0.15) is 0 Å². The van der Waals surface area contributed by atoms with Crippen molar-refractivity contribution in [2.75, 3.05) is 43.0 Å². The summed E-state index contributed by atoms with van der Waals surface area (Å²) in [6.07, 6.45) is 3.21. The number of nitrogens with zero attached hydrogens (tertiary/aromatic N) is 5. The number of pyridine rings is 1. The van der Waals surface area contributed by atoms with Crippen molar-refractivity contribution in [2.45, 2.75) is 13.0 Å². The second kappa shape index (κ2) is 8.69. The van der Waals surface area contributed by atoms with Crippen molar-refractivity contribution in [2.24, 2.45) is 0 Å². The van der Waals surface area contributed by atoms with Crippen molar-refractivity contribution in [1.82, 2.24) is 9.88 Å². The van der Waals surface area contributed by atoms with E-state index in [4.69, 9.17) is 0 Å². The Balaban J connectivity index is 1.47. The first-order valence-corrected chi connectivity index (χ1v) is 10.3. The van der Waals surface area contributed by atoms with Crippen LogP contribution in [-0.2, 0) is 4.79 Å². The Kier molecular flexibility index (Phi) is 5.81. The third-order valence-electron chi connectivity index (χ3n) is 6.00. The SMILES string of the molecule is C[C@H](C(=O)N(C)c1ccccc1)N1CCN(c2ccc([N+](=O)[O-])c3cnccc23)CC1. The number of rotatable bonds is 5. The van der Waals surface area contributed by atoms with Gasteiger partial charge in [0.15, 0.2) is 0 Å². The quantitative estimate of drug-likeness (QED) is 0.466. The highest BCUT2D eigenvalue weighted by atomic mass is 16.6. The Bertz CT molecular complexity index is 1100. The molecule has 1 aromatic heterocycles. The number of piperazine rings is 1. The van der Waals surface area contributed by atoms with Crippen LogP contribution in [0.15, 0.2) is 60.9 Å². The second-order valence-corrected chi connectivity index (χ2v) is 7.71. The number of para-hydroxylation sites is 1. The number of carbonyl (C=O) groups is 1. The molecule has 1 saturated heterocycles. The Hall–Kier alpha value is -3.52. The van der Waals surface area contributed by atoms with E-state index in [1.165, 1.54) is 0 Å². The number of hydrogen-bond acceptors (Lipinski definition) is 6. The molecular formula is C23H25N5O3. The predicted molar refractivity (Wildman–Crippen MR) is 121 cm³/mol. The number of anilines is 2. The van der Waals surface area contributed by atoms with E-state index in [1.807, 2.05) is 56.4 Å². The largest absolute Gasteiger partial charge is 0.368 e. The minimum atomic E-state index is -0.373. The van der Waals surface area contributed by atoms with Crippen LogP contribution in [0.5, 0.6) is 0 Å². The average Bonchev–Trinajstić information content (AvgIpc) is 2.82. The molecule has 0 N–H and O–H groups in total. The lowest BCUT2D eigenvalue weighted by molar-refractivity contribution is -0.383. The highest BCUT2D eigenvalue weighted by Crippen LogP contribution is 2.33. The number of likely N-dealkylation sites (N-methyl/N-ethyl adjacent to an activating group) is 1. The predicted octanol–water partition coefficient (Wildman–Crippen LogP) is 3.32. The fraction of sp³-hybridized carbons (Fsp3) is 0.304. The van der Waals surface area contributed by atoms with Crippen LogP contribution in [0.25, 0.3) is 10.8 Å².